The zero-order valence-electron chi connectivity index (χ0n) is 13.2. The topological polar surface area (TPSA) is 64.2 Å². The van der Waals surface area contributed by atoms with E-state index in [1.54, 1.807) is 19.9 Å². The Balaban J connectivity index is 1.99. The molecule has 0 saturated carbocycles. The Bertz CT molecular complexity index is 681. The van der Waals surface area contributed by atoms with Crippen molar-refractivity contribution in [3.05, 3.63) is 35.9 Å². The molecule has 8 heteroatoms. The summed E-state index contributed by atoms with van der Waals surface area (Å²) in [5.41, 5.74) is 0.344. The number of aromatic nitrogens is 2. The molecule has 2 rings (SSSR count). The minimum Gasteiger partial charge on any atom is -0.476 e. The van der Waals surface area contributed by atoms with Gasteiger partial charge in [0.1, 0.15) is 6.61 Å². The predicted molar refractivity (Wildman–Crippen MR) is 80.3 cm³/mol. The Labute approximate surface area is 136 Å². The van der Waals surface area contributed by atoms with Crippen LogP contribution in [0.4, 0.5) is 13.2 Å². The third-order valence-electron chi connectivity index (χ3n) is 3.25. The van der Waals surface area contributed by atoms with E-state index in [2.05, 4.69) is 10.2 Å². The van der Waals surface area contributed by atoms with Gasteiger partial charge in [0.05, 0.1) is 23.8 Å². The highest BCUT2D eigenvalue weighted by Crippen LogP contribution is 2.31. The Morgan fingerprint density at radius 3 is 2.54 bits per heavy atom. The molecule has 1 aromatic heterocycles. The molecule has 1 unspecified atom stereocenters. The molecule has 1 heterocycles. The first-order valence-corrected chi connectivity index (χ1v) is 7.33. The first-order valence-electron chi connectivity index (χ1n) is 7.33. The molecule has 1 N–H and O–H groups in total. The lowest BCUT2D eigenvalue weighted by atomic mass is 10.1. The van der Waals surface area contributed by atoms with Gasteiger partial charge < -0.3 is 9.47 Å². The number of ether oxygens (including phenoxy) is 2. The lowest BCUT2D eigenvalue weighted by Gasteiger charge is -2.10. The highest BCUT2D eigenvalue weighted by molar-refractivity contribution is 5.72. The summed E-state index contributed by atoms with van der Waals surface area (Å²) in [5, 5.41) is 6.61. The number of hydrogen-bond acceptors (Lipinski definition) is 4. The second kappa shape index (κ2) is 7.37. The molecule has 130 valence electrons. The SMILES string of the molecule is CCOC(=O)C(C)COc1cc(-c2ccc(C(F)(F)F)cc2)[nH]n1. The molecule has 1 aromatic carbocycles. The summed E-state index contributed by atoms with van der Waals surface area (Å²) in [7, 11) is 0. The van der Waals surface area contributed by atoms with E-state index in [1.165, 1.54) is 12.1 Å². The molecule has 0 bridgehead atoms. The Morgan fingerprint density at radius 1 is 1.29 bits per heavy atom. The van der Waals surface area contributed by atoms with Crippen molar-refractivity contribution in [1.29, 1.82) is 0 Å². The fraction of sp³-hybridized carbons (Fsp3) is 0.375. The molecule has 5 nitrogen and oxygen atoms in total. The first-order chi connectivity index (χ1) is 11.3. The zero-order valence-corrected chi connectivity index (χ0v) is 13.2. The third kappa shape index (κ3) is 4.50. The van der Waals surface area contributed by atoms with Crippen LogP contribution in [-0.4, -0.2) is 29.4 Å². The fourth-order valence-corrected chi connectivity index (χ4v) is 1.93. The van der Waals surface area contributed by atoms with Crippen molar-refractivity contribution in [2.45, 2.75) is 20.0 Å². The monoisotopic (exact) mass is 342 g/mol. The van der Waals surface area contributed by atoms with Gasteiger partial charge in [0.15, 0.2) is 0 Å². The number of alkyl halides is 3. The average molecular weight is 342 g/mol. The summed E-state index contributed by atoms with van der Waals surface area (Å²) < 4.78 is 47.9. The quantitative estimate of drug-likeness (QED) is 0.814. The highest BCUT2D eigenvalue weighted by atomic mass is 19.4. The molecule has 24 heavy (non-hydrogen) atoms. The van der Waals surface area contributed by atoms with Gasteiger partial charge in [-0.15, -0.1) is 5.10 Å². The number of halogens is 3. The lowest BCUT2D eigenvalue weighted by Crippen LogP contribution is -2.21. The molecular weight excluding hydrogens is 325 g/mol. The molecule has 2 aromatic rings. The van der Waals surface area contributed by atoms with Crippen LogP contribution in [0.15, 0.2) is 30.3 Å². The minimum absolute atomic E-state index is 0.0934. The van der Waals surface area contributed by atoms with E-state index in [9.17, 15) is 18.0 Å². The van der Waals surface area contributed by atoms with Crippen LogP contribution in [0.2, 0.25) is 0 Å². The van der Waals surface area contributed by atoms with E-state index < -0.39 is 17.7 Å². The highest BCUT2D eigenvalue weighted by Gasteiger charge is 2.30. The summed E-state index contributed by atoms with van der Waals surface area (Å²) in [6.45, 7) is 3.77. The van der Waals surface area contributed by atoms with E-state index >= 15 is 0 Å². The number of nitrogens with one attached hydrogen (secondary N) is 1. The number of rotatable bonds is 6. The number of H-pyrrole nitrogens is 1. The smallest absolute Gasteiger partial charge is 0.416 e. The van der Waals surface area contributed by atoms with Crippen molar-refractivity contribution >= 4 is 5.97 Å². The van der Waals surface area contributed by atoms with E-state index in [1.807, 2.05) is 0 Å². The number of carbonyl (C=O) groups excluding carboxylic acids is 1. The van der Waals surface area contributed by atoms with Crippen LogP contribution in [-0.2, 0) is 15.7 Å². The zero-order chi connectivity index (χ0) is 17.7. The summed E-state index contributed by atoms with van der Waals surface area (Å²) in [6.07, 6.45) is -4.37. The van der Waals surface area contributed by atoms with Gasteiger partial charge in [-0.3, -0.25) is 9.89 Å². The predicted octanol–water partition coefficient (Wildman–Crippen LogP) is 3.67. The van der Waals surface area contributed by atoms with E-state index in [0.29, 0.717) is 17.9 Å². The lowest BCUT2D eigenvalue weighted by molar-refractivity contribution is -0.148. The van der Waals surface area contributed by atoms with Gasteiger partial charge >= 0.3 is 12.1 Å². The van der Waals surface area contributed by atoms with Crippen molar-refractivity contribution in [3.8, 4) is 17.1 Å². The van der Waals surface area contributed by atoms with Crippen molar-refractivity contribution in [2.75, 3.05) is 13.2 Å². The number of benzene rings is 1. The fourth-order valence-electron chi connectivity index (χ4n) is 1.93. The summed E-state index contributed by atoms with van der Waals surface area (Å²) in [6, 6.07) is 6.25. The van der Waals surface area contributed by atoms with Gasteiger partial charge in [-0.25, -0.2) is 0 Å². The van der Waals surface area contributed by atoms with Crippen LogP contribution in [0.5, 0.6) is 5.88 Å². The maximum atomic E-state index is 12.5. The Morgan fingerprint density at radius 2 is 1.96 bits per heavy atom. The van der Waals surface area contributed by atoms with Gasteiger partial charge in [0.25, 0.3) is 0 Å². The maximum absolute atomic E-state index is 12.5. The first kappa shape index (κ1) is 17.8. The molecule has 0 saturated heterocycles. The van der Waals surface area contributed by atoms with Crippen LogP contribution in [0.1, 0.15) is 19.4 Å². The van der Waals surface area contributed by atoms with Crippen molar-refractivity contribution in [1.82, 2.24) is 10.2 Å². The standard InChI is InChI=1S/C16H17F3N2O3/c1-3-23-15(22)10(2)9-24-14-8-13(20-21-14)11-4-6-12(7-5-11)16(17,18)19/h4-8,10H,3,9H2,1-2H3,(H,20,21). The van der Waals surface area contributed by atoms with Crippen LogP contribution in [0.3, 0.4) is 0 Å². The number of aromatic amines is 1. The van der Waals surface area contributed by atoms with Gasteiger partial charge in [0, 0.05) is 6.07 Å². The maximum Gasteiger partial charge on any atom is 0.416 e. The van der Waals surface area contributed by atoms with Gasteiger partial charge in [-0.1, -0.05) is 12.1 Å². The largest absolute Gasteiger partial charge is 0.476 e. The van der Waals surface area contributed by atoms with Gasteiger partial charge in [0.2, 0.25) is 5.88 Å². The average Bonchev–Trinajstić information content (AvgIpc) is 3.01. The van der Waals surface area contributed by atoms with Crippen molar-refractivity contribution in [3.63, 3.8) is 0 Å². The van der Waals surface area contributed by atoms with Crippen molar-refractivity contribution in [2.24, 2.45) is 5.92 Å². The summed E-state index contributed by atoms with van der Waals surface area (Å²) >= 11 is 0. The number of carbonyl (C=O) groups is 1. The Hall–Kier alpha value is -2.51. The molecule has 0 spiro atoms. The molecule has 0 amide bonds. The number of esters is 1. The second-order valence-corrected chi connectivity index (χ2v) is 5.16. The van der Waals surface area contributed by atoms with Crippen LogP contribution < -0.4 is 4.74 Å². The second-order valence-electron chi connectivity index (χ2n) is 5.16. The number of hydrogen-bond donors (Lipinski definition) is 1. The normalized spacial score (nSPS) is 12.7. The summed E-state index contributed by atoms with van der Waals surface area (Å²) in [5.74, 6) is -0.562. The summed E-state index contributed by atoms with van der Waals surface area (Å²) in [4.78, 5) is 11.5. The van der Waals surface area contributed by atoms with Crippen molar-refractivity contribution < 1.29 is 27.4 Å². The van der Waals surface area contributed by atoms with E-state index in [-0.39, 0.29) is 18.5 Å². The van der Waals surface area contributed by atoms with E-state index in [4.69, 9.17) is 9.47 Å². The molecule has 0 aliphatic rings. The van der Waals surface area contributed by atoms with Crippen LogP contribution >= 0.6 is 0 Å². The third-order valence-corrected chi connectivity index (χ3v) is 3.25. The van der Waals surface area contributed by atoms with E-state index in [0.717, 1.165) is 12.1 Å². The molecule has 0 aliphatic carbocycles. The Kier molecular flexibility index (Phi) is 5.48. The molecule has 0 aliphatic heterocycles. The molecule has 1 atom stereocenters. The molecule has 0 fully saturated rings. The molecule has 0 radical (unpaired) electrons. The van der Waals surface area contributed by atoms with Gasteiger partial charge in [-0.05, 0) is 31.5 Å². The minimum atomic E-state index is -4.37. The van der Waals surface area contributed by atoms with Gasteiger partial charge in [-0.2, -0.15) is 13.2 Å². The number of nitrogens with zero attached hydrogens (tertiary/aromatic N) is 1. The van der Waals surface area contributed by atoms with Crippen LogP contribution in [0, 0.1) is 5.92 Å². The molecular formula is C16H17F3N2O3. The van der Waals surface area contributed by atoms with Crippen LogP contribution in [0.25, 0.3) is 11.3 Å².